The Morgan fingerprint density at radius 3 is 1.41 bits per heavy atom. The average Bonchev–Trinajstić information content (AvgIpc) is 1.58. The van der Waals surface area contributed by atoms with Crippen molar-refractivity contribution in [1.82, 2.24) is 85.0 Å². The Balaban J connectivity index is 0.000000167. The van der Waals surface area contributed by atoms with Gasteiger partial charge in [-0.05, 0) is 205 Å². The van der Waals surface area contributed by atoms with Gasteiger partial charge >= 0.3 is 18.3 Å². The number of hydrogen-bond acceptors (Lipinski definition) is 19. The number of nitrogens with zero attached hydrogens (tertiary/aromatic N) is 9. The van der Waals surface area contributed by atoms with E-state index in [9.17, 15) is 28.8 Å². The van der Waals surface area contributed by atoms with Crippen LogP contribution >= 0.6 is 22.7 Å². The third-order valence-electron chi connectivity index (χ3n) is 27.7. The van der Waals surface area contributed by atoms with Gasteiger partial charge in [0.15, 0.2) is 0 Å². The lowest BCUT2D eigenvalue weighted by Gasteiger charge is -2.38. The first kappa shape index (κ1) is 85.9. The number of piperidine rings is 2. The van der Waals surface area contributed by atoms with Crippen LogP contribution in [0.25, 0.3) is 89.4 Å². The van der Waals surface area contributed by atoms with Gasteiger partial charge in [0.25, 0.3) is 0 Å². The molecule has 12 aromatic rings. The lowest BCUT2D eigenvalue weighted by atomic mass is 9.85. The summed E-state index contributed by atoms with van der Waals surface area (Å²) in [5, 5.41) is 13.8. The van der Waals surface area contributed by atoms with Gasteiger partial charge in [0.1, 0.15) is 64.6 Å². The molecular weight excluding hydrogens is 1700 g/mol. The number of aromatic nitrogens is 10. The van der Waals surface area contributed by atoms with Crippen LogP contribution < -0.4 is 30.7 Å². The molecule has 0 radical (unpaired) electrons. The molecule has 8 aromatic heterocycles. The number of alkyl carbamates (subject to hydrolysis) is 3. The number of nitrogens with one attached hydrogen (secondary N) is 8. The van der Waals surface area contributed by atoms with Gasteiger partial charge in [0.2, 0.25) is 30.2 Å². The quantitative estimate of drug-likeness (QED) is 0.0310. The monoisotopic (exact) mass is 1800 g/mol. The molecule has 6 amide bonds. The van der Waals surface area contributed by atoms with Crippen LogP contribution in [0.4, 0.5) is 23.2 Å². The number of imidazole rings is 4. The van der Waals surface area contributed by atoms with Gasteiger partial charge in [-0.3, -0.25) is 23.5 Å². The molecule has 130 heavy (non-hydrogen) atoms. The molecule has 15 heterocycles. The molecule has 2 saturated carbocycles. The van der Waals surface area contributed by atoms with E-state index in [-0.39, 0.29) is 77.9 Å². The van der Waals surface area contributed by atoms with Crippen LogP contribution in [-0.4, -0.2) is 177 Å². The van der Waals surface area contributed by atoms with Crippen molar-refractivity contribution in [2.24, 2.45) is 29.6 Å². The number of H-pyrrole nitrogens is 4. The number of aryl methyl sites for hydroxylation is 2. The van der Waals surface area contributed by atoms with E-state index in [1.54, 1.807) is 51.1 Å². The van der Waals surface area contributed by atoms with E-state index in [0.717, 1.165) is 116 Å². The number of benzene rings is 4. The highest BCUT2D eigenvalue weighted by Crippen LogP contribution is 2.56. The fourth-order valence-electron chi connectivity index (χ4n) is 21.0. The van der Waals surface area contributed by atoms with E-state index < -0.39 is 60.5 Å². The van der Waals surface area contributed by atoms with Crippen molar-refractivity contribution in [3.63, 3.8) is 0 Å². The number of ether oxygens (including phenoxy) is 6. The van der Waals surface area contributed by atoms with Gasteiger partial charge in [-0.25, -0.2) is 43.1 Å². The SMILES string of the molecule is CCc1ccc(C2Oc3cc(-c4cnc(C5CCCN5C(=O)[C@@H](NC(=O)OC)C(C)C)[nH]4)cc(F)c3-c3cc4cc(-c5cnc([C@@H]6C[C@H]7C[C@H]7N6C(=O)[C@H](NC(=O)OC)C6C[C@@H](C)O[C@@H](C)C6)[nH]5)ccc4n32)s1.CCc1ccc(C2Oc3cc(-c4cnc([C@@H]5CCCN5C(=O)[C@@H](NC(=O)OC)C(C)C)[nH]4)cc(F)c3-c3cc4cc(-c5cnc([C@@H]6C[C@H]7C[C@H]7N6)[nH]5)ccc4n32)s1. The Kier molecular flexibility index (Phi) is 22.8. The zero-order valence-corrected chi connectivity index (χ0v) is 76.0. The minimum Gasteiger partial charge on any atom is -0.464 e. The van der Waals surface area contributed by atoms with E-state index in [0.29, 0.717) is 119 Å². The largest absolute Gasteiger partial charge is 0.464 e. The van der Waals surface area contributed by atoms with E-state index in [1.807, 2.05) is 83.0 Å². The molecule has 7 fully saturated rings. The second kappa shape index (κ2) is 34.6. The molecular formula is C97H107F2N17O12S2. The second-order valence-electron chi connectivity index (χ2n) is 36.8. The number of hydrogen-bond donors (Lipinski definition) is 8. The first-order valence-electron chi connectivity index (χ1n) is 45.5. The minimum absolute atomic E-state index is 0.0471. The molecule has 29 nitrogen and oxygen atoms in total. The number of thiophene rings is 2. The fraction of sp³-hybridized carbons (Fsp3) is 0.443. The molecule has 9 aliphatic rings. The highest BCUT2D eigenvalue weighted by atomic mass is 32.1. The summed E-state index contributed by atoms with van der Waals surface area (Å²) in [6.45, 7) is 16.8. The highest BCUT2D eigenvalue weighted by molar-refractivity contribution is 7.12. The summed E-state index contributed by atoms with van der Waals surface area (Å²) in [7, 11) is 3.86. The van der Waals surface area contributed by atoms with E-state index in [4.69, 9.17) is 48.4 Å². The first-order valence-corrected chi connectivity index (χ1v) is 47.1. The molecule has 4 unspecified atom stereocenters. The molecule has 8 N–H and O–H groups in total. The predicted molar refractivity (Wildman–Crippen MR) is 486 cm³/mol. The molecule has 0 spiro atoms. The van der Waals surface area contributed by atoms with Crippen molar-refractivity contribution in [1.29, 1.82) is 0 Å². The molecule has 0 bridgehead atoms. The summed E-state index contributed by atoms with van der Waals surface area (Å²) in [6, 6.07) is 29.5. The van der Waals surface area contributed by atoms with E-state index in [2.05, 4.69) is 119 Å². The maximum Gasteiger partial charge on any atom is 0.407 e. The summed E-state index contributed by atoms with van der Waals surface area (Å²) < 4.78 is 72.1. The molecule has 4 aromatic carbocycles. The predicted octanol–water partition coefficient (Wildman–Crippen LogP) is 17.7. The number of methoxy groups -OCH3 is 3. The normalized spacial score (nSPS) is 23.9. The van der Waals surface area contributed by atoms with Crippen LogP contribution in [0, 0.1) is 41.2 Å². The maximum atomic E-state index is 17.0. The van der Waals surface area contributed by atoms with Gasteiger partial charge in [-0.2, -0.15) is 0 Å². The molecule has 678 valence electrons. The van der Waals surface area contributed by atoms with Crippen molar-refractivity contribution in [3.8, 4) is 79.0 Å². The standard InChI is InChI=1S/C54H62FN9O8S.C43H45FN8O4S/c1-8-34-12-14-44(73-34)52-64-38-13-11-29(36-24-57-49(58-36)42-22-32-20-40(32)63(42)51(66)47(61-54(68)70-7)33-16-27(4)71-28(5)17-33)18-31(38)21-41(64)45-35(55)19-30(23-43(45)72-52)37-25-56-48(59-37)39-10-9-15-62(39)50(65)46(26(2)3)60-53(67)69-6;1-5-26-9-11-36(57-26)42-52-32-10-8-22(30-19-45-39(48-30)29-16-24-15-28(24)47-29)13-25(32)17-34(52)37-27(44)14-23(18-35(37)56-42)31-20-46-40(49-31)33-7-6-12-51(33)41(53)38(21(2)3)50-43(54)55-4/h11-14,18-19,21,23-28,32-33,39-40,42,46-47,52H,8-10,15-17,20,22H2,1-7H3,(H,56,59)(H,57,58)(H,60,67)(H,61,68);8-11,13-14,17-21,24,28-29,33,38,42,47H,5-7,12,15-16H2,1-4H3,(H,45,48)(H,46,49)(H,50,54)/t27-,28+,32-,33?,39?,40-,42+,46+,47-,52?;24-,28-,29+,33+,38+,42?/m11/s1. The van der Waals surface area contributed by atoms with Gasteiger partial charge < -0.3 is 84.3 Å². The summed E-state index contributed by atoms with van der Waals surface area (Å²) in [5.74, 6) is 2.98. The average molecular weight is 1810 g/mol. The summed E-state index contributed by atoms with van der Waals surface area (Å²) in [4.78, 5) is 122. The van der Waals surface area contributed by atoms with E-state index in [1.165, 1.54) is 49.6 Å². The summed E-state index contributed by atoms with van der Waals surface area (Å²) in [5.41, 5.74) is 9.93. The van der Waals surface area contributed by atoms with Crippen LogP contribution in [0.3, 0.4) is 0 Å². The molecule has 5 saturated heterocycles. The van der Waals surface area contributed by atoms with Crippen molar-refractivity contribution in [3.05, 3.63) is 176 Å². The zero-order chi connectivity index (χ0) is 90.1. The number of halogens is 2. The molecule has 2 aliphatic carbocycles. The van der Waals surface area contributed by atoms with Gasteiger partial charge in [-0.15, -0.1) is 22.7 Å². The number of rotatable bonds is 21. The van der Waals surface area contributed by atoms with Crippen LogP contribution in [0.15, 0.2) is 122 Å². The Morgan fingerprint density at radius 2 is 0.962 bits per heavy atom. The van der Waals surface area contributed by atoms with Crippen molar-refractivity contribution >= 4 is 80.5 Å². The van der Waals surface area contributed by atoms with Gasteiger partial charge in [0.05, 0.1) is 149 Å². The zero-order valence-electron chi connectivity index (χ0n) is 74.3. The minimum atomic E-state index is -0.772. The number of likely N-dealkylation sites (tertiary alicyclic amines) is 3. The summed E-state index contributed by atoms with van der Waals surface area (Å²) >= 11 is 3.37. The van der Waals surface area contributed by atoms with Crippen molar-refractivity contribution in [2.75, 3.05) is 34.4 Å². The molecule has 33 heteroatoms. The van der Waals surface area contributed by atoms with Crippen molar-refractivity contribution in [2.45, 2.75) is 211 Å². The number of amides is 6. The Hall–Kier alpha value is -12.2. The van der Waals surface area contributed by atoms with Crippen LogP contribution in [0.5, 0.6) is 11.5 Å². The molecule has 7 aliphatic heterocycles. The highest BCUT2D eigenvalue weighted by Gasteiger charge is 2.57. The van der Waals surface area contributed by atoms with Crippen molar-refractivity contribution < 1.29 is 66.0 Å². The lowest BCUT2D eigenvalue weighted by Crippen LogP contribution is -2.55. The van der Waals surface area contributed by atoms with E-state index >= 15 is 8.78 Å². The number of aromatic amines is 4. The Bertz CT molecular complexity index is 6370. The van der Waals surface area contributed by atoms with Gasteiger partial charge in [-0.1, -0.05) is 53.7 Å². The fourth-order valence-corrected chi connectivity index (χ4v) is 23.0. The topological polar surface area (TPSA) is 340 Å². The van der Waals surface area contributed by atoms with Crippen LogP contribution in [0.2, 0.25) is 0 Å². The molecule has 16 atom stereocenters. The summed E-state index contributed by atoms with van der Waals surface area (Å²) in [6.07, 6.45) is 14.0. The number of carbonyl (C=O) groups excluding carboxylic acids is 6. The first-order chi connectivity index (χ1) is 62.9. The maximum absolute atomic E-state index is 17.0. The Morgan fingerprint density at radius 1 is 0.508 bits per heavy atom. The number of fused-ring (bicyclic) bond motifs is 12. The second-order valence-corrected chi connectivity index (χ2v) is 39.2. The van der Waals surface area contributed by atoms with Crippen LogP contribution in [0.1, 0.15) is 199 Å². The molecule has 21 rings (SSSR count). The Labute approximate surface area is 757 Å². The van der Waals surface area contributed by atoms with Gasteiger partial charge in [0, 0.05) is 68.0 Å². The smallest absolute Gasteiger partial charge is 0.407 e. The van der Waals surface area contributed by atoms with Crippen LogP contribution in [-0.2, 0) is 46.2 Å². The third kappa shape index (κ3) is 15.9. The lowest BCUT2D eigenvalue weighted by molar-refractivity contribution is -0.140. The third-order valence-corrected chi connectivity index (χ3v) is 30.2. The number of carbonyl (C=O) groups is 6.